The van der Waals surface area contributed by atoms with E-state index in [4.69, 9.17) is 26.8 Å². The van der Waals surface area contributed by atoms with E-state index in [-0.39, 0.29) is 11.4 Å². The van der Waals surface area contributed by atoms with Crippen molar-refractivity contribution in [3.8, 4) is 5.75 Å². The van der Waals surface area contributed by atoms with Gasteiger partial charge in [0.15, 0.2) is 0 Å². The number of fused-ring (bicyclic) bond motifs is 2. The molecule has 0 radical (unpaired) electrons. The van der Waals surface area contributed by atoms with Crippen LogP contribution in [0.25, 0.3) is 0 Å². The number of amides is 1. The van der Waals surface area contributed by atoms with Gasteiger partial charge in [-0.2, -0.15) is 0 Å². The molecule has 8 heteroatoms. The van der Waals surface area contributed by atoms with E-state index < -0.39 is 5.91 Å². The fourth-order valence-electron chi connectivity index (χ4n) is 6.68. The molecule has 0 spiro atoms. The molecule has 220 valence electrons. The maximum atomic E-state index is 12.2. The first-order chi connectivity index (χ1) is 19.8. The molecular formula is C33H42ClN2O4S+. The fourth-order valence-corrected chi connectivity index (χ4v) is 7.25. The summed E-state index contributed by atoms with van der Waals surface area (Å²) in [6.07, 6.45) is 8.60. The molecule has 2 aromatic rings. The molecule has 41 heavy (non-hydrogen) atoms. The van der Waals surface area contributed by atoms with Crippen molar-refractivity contribution in [2.75, 3.05) is 25.2 Å². The summed E-state index contributed by atoms with van der Waals surface area (Å²) in [7, 11) is 1.82. The second kappa shape index (κ2) is 13.2. The Balaban J connectivity index is 1.43. The van der Waals surface area contributed by atoms with Crippen LogP contribution < -0.4 is 15.4 Å². The lowest BCUT2D eigenvalue weighted by atomic mass is 9.64. The van der Waals surface area contributed by atoms with E-state index in [2.05, 4.69) is 30.0 Å². The molecule has 1 aliphatic heterocycles. The summed E-state index contributed by atoms with van der Waals surface area (Å²) in [5.41, 5.74) is 11.0. The number of carbonyl (C=O) groups is 1. The Bertz CT molecular complexity index is 1300. The minimum absolute atomic E-state index is 0.0927. The van der Waals surface area contributed by atoms with Crippen molar-refractivity contribution in [3.05, 3.63) is 69.8 Å². The van der Waals surface area contributed by atoms with Crippen LogP contribution in [-0.2, 0) is 33.6 Å². The SMILES string of the molecule is CO[C@@H](C1=C[C@H]([C@H](C)[C@@H](C)[S+]=O)C1)[C@@H]1CC[C@H]1CN1Cc2ccc(Cl)cc2CCCCOc2ccc(C(N)=O)cc21. The van der Waals surface area contributed by atoms with Crippen molar-refractivity contribution in [1.29, 1.82) is 0 Å². The fraction of sp³-hybridized carbons (Fsp3) is 0.545. The molecule has 0 aromatic heterocycles. The molecule has 5 rings (SSSR count). The Kier molecular flexibility index (Phi) is 9.67. The quantitative estimate of drug-likeness (QED) is 0.260. The number of methoxy groups -OCH3 is 1. The summed E-state index contributed by atoms with van der Waals surface area (Å²) >= 11 is 7.12. The molecule has 2 aliphatic carbocycles. The zero-order valence-corrected chi connectivity index (χ0v) is 25.9. The molecule has 2 aromatic carbocycles. The van der Waals surface area contributed by atoms with Crippen LogP contribution in [0.5, 0.6) is 5.75 Å². The number of nitrogens with zero attached hydrogens (tertiary/aromatic N) is 1. The molecule has 0 bridgehead atoms. The van der Waals surface area contributed by atoms with Crippen LogP contribution in [0.2, 0.25) is 5.02 Å². The Hall–Kier alpha value is -2.48. The third-order valence-corrected chi connectivity index (χ3v) is 10.6. The van der Waals surface area contributed by atoms with Crippen LogP contribution >= 0.6 is 11.6 Å². The van der Waals surface area contributed by atoms with Crippen molar-refractivity contribution in [3.63, 3.8) is 0 Å². The topological polar surface area (TPSA) is 81.9 Å². The van der Waals surface area contributed by atoms with E-state index in [1.54, 1.807) is 6.07 Å². The predicted octanol–water partition coefficient (Wildman–Crippen LogP) is 6.60. The smallest absolute Gasteiger partial charge is 0.462 e. The number of hydrogen-bond donors (Lipinski definition) is 1. The second-order valence-corrected chi connectivity index (χ2v) is 13.4. The minimum atomic E-state index is -0.444. The van der Waals surface area contributed by atoms with Crippen LogP contribution in [0.3, 0.4) is 0 Å². The summed E-state index contributed by atoms with van der Waals surface area (Å²) in [5, 5.41) is 0.856. The molecule has 3 aliphatic rings. The third kappa shape index (κ3) is 6.63. The highest BCUT2D eigenvalue weighted by Gasteiger charge is 2.44. The van der Waals surface area contributed by atoms with Gasteiger partial charge in [-0.15, -0.1) is 0 Å². The normalized spacial score (nSPS) is 24.5. The van der Waals surface area contributed by atoms with Crippen LogP contribution in [0, 0.1) is 23.7 Å². The number of carbonyl (C=O) groups excluding carboxylic acids is 1. The van der Waals surface area contributed by atoms with Gasteiger partial charge < -0.3 is 20.1 Å². The maximum absolute atomic E-state index is 12.2. The summed E-state index contributed by atoms with van der Waals surface area (Å²) in [6.45, 7) is 6.33. The number of primary amides is 1. The lowest BCUT2D eigenvalue weighted by Gasteiger charge is -2.47. The Morgan fingerprint density at radius 3 is 2.66 bits per heavy atom. The first-order valence-electron chi connectivity index (χ1n) is 14.9. The molecular weight excluding hydrogens is 556 g/mol. The van der Waals surface area contributed by atoms with E-state index in [9.17, 15) is 9.00 Å². The van der Waals surface area contributed by atoms with E-state index in [1.165, 1.54) is 16.7 Å². The number of halogens is 1. The number of rotatable bonds is 9. The Morgan fingerprint density at radius 1 is 1.17 bits per heavy atom. The molecule has 1 saturated carbocycles. The average molecular weight is 598 g/mol. The van der Waals surface area contributed by atoms with Gasteiger partial charge in [-0.25, -0.2) is 0 Å². The van der Waals surface area contributed by atoms with Crippen LogP contribution in [0.1, 0.15) is 67.4 Å². The molecule has 0 unspecified atom stereocenters. The third-order valence-electron chi connectivity index (χ3n) is 9.62. The lowest BCUT2D eigenvalue weighted by Crippen LogP contribution is -2.46. The molecule has 1 fully saturated rings. The summed E-state index contributed by atoms with van der Waals surface area (Å²) in [4.78, 5) is 14.6. The van der Waals surface area contributed by atoms with Crippen LogP contribution in [-0.4, -0.2) is 37.5 Å². The van der Waals surface area contributed by atoms with Crippen LogP contribution in [0.4, 0.5) is 5.69 Å². The Morgan fingerprint density at radius 2 is 1.98 bits per heavy atom. The van der Waals surface area contributed by atoms with Crippen molar-refractivity contribution < 1.29 is 18.5 Å². The van der Waals surface area contributed by atoms with E-state index >= 15 is 0 Å². The highest BCUT2D eigenvalue weighted by Crippen LogP contribution is 2.47. The van der Waals surface area contributed by atoms with Gasteiger partial charge in [0.05, 0.1) is 18.4 Å². The van der Waals surface area contributed by atoms with E-state index in [1.807, 2.05) is 32.2 Å². The maximum Gasteiger partial charge on any atom is 0.462 e. The van der Waals surface area contributed by atoms with Gasteiger partial charge in [-0.3, -0.25) is 4.79 Å². The minimum Gasteiger partial charge on any atom is -0.491 e. The molecule has 1 heterocycles. The second-order valence-electron chi connectivity index (χ2n) is 12.1. The highest BCUT2D eigenvalue weighted by molar-refractivity contribution is 7.66. The standard InChI is InChI=1S/C33H41ClN2O4S/c1-20(21(2)41-38)26-14-27(15-26)32(39-3)29-11-8-25(29)19-36-18-24-7-10-28(34)16-22(24)6-4-5-13-40-31-12-9-23(33(35)37)17-30(31)36/h7,9-10,12,14,16-17,20-21,25-26,29,32H,4-6,8,11,13,15,18-19H2,1-3H3,(H-,35,37)/p+1/t20-,21-,25+,26+,29-,32+/m1/s1. The van der Waals surface area contributed by atoms with Crippen molar-refractivity contribution in [2.24, 2.45) is 29.4 Å². The number of aryl methyl sites for hydroxylation is 1. The molecule has 1 amide bonds. The highest BCUT2D eigenvalue weighted by atomic mass is 35.5. The molecule has 6 nitrogen and oxygen atoms in total. The molecule has 0 saturated heterocycles. The van der Waals surface area contributed by atoms with E-state index in [0.29, 0.717) is 54.1 Å². The van der Waals surface area contributed by atoms with Gasteiger partial charge in [0.2, 0.25) is 11.2 Å². The van der Waals surface area contributed by atoms with Gasteiger partial charge in [-0.1, -0.05) is 30.7 Å². The van der Waals surface area contributed by atoms with Crippen LogP contribution in [0.15, 0.2) is 48.0 Å². The van der Waals surface area contributed by atoms with Gasteiger partial charge in [0, 0.05) is 40.9 Å². The van der Waals surface area contributed by atoms with Gasteiger partial charge in [0.25, 0.3) is 0 Å². The van der Waals surface area contributed by atoms with E-state index in [0.717, 1.165) is 61.5 Å². The van der Waals surface area contributed by atoms with Crippen molar-refractivity contribution in [1.82, 2.24) is 0 Å². The number of benzene rings is 2. The number of nitrogens with two attached hydrogens (primary N) is 1. The number of anilines is 1. The van der Waals surface area contributed by atoms with Gasteiger partial charge >= 0.3 is 11.7 Å². The summed E-state index contributed by atoms with van der Waals surface area (Å²) in [6, 6.07) is 11.7. The monoisotopic (exact) mass is 597 g/mol. The Labute approximate surface area is 253 Å². The number of ether oxygens (including phenoxy) is 2. The predicted molar refractivity (Wildman–Crippen MR) is 166 cm³/mol. The van der Waals surface area contributed by atoms with Gasteiger partial charge in [-0.05, 0) is 110 Å². The number of allylic oxidation sites excluding steroid dienone is 1. The van der Waals surface area contributed by atoms with Crippen molar-refractivity contribution in [2.45, 2.75) is 70.3 Å². The van der Waals surface area contributed by atoms with Crippen molar-refractivity contribution >= 4 is 34.9 Å². The summed E-state index contributed by atoms with van der Waals surface area (Å²) in [5.74, 6) is 2.00. The first kappa shape index (κ1) is 30.0. The lowest BCUT2D eigenvalue weighted by molar-refractivity contribution is -0.000312. The zero-order valence-electron chi connectivity index (χ0n) is 24.3. The largest absolute Gasteiger partial charge is 0.491 e. The molecule has 6 atom stereocenters. The number of hydrogen-bond acceptors (Lipinski definition) is 5. The average Bonchev–Trinajstić information content (AvgIpc) is 2.96. The first-order valence-corrected chi connectivity index (χ1v) is 16.1. The van der Waals surface area contributed by atoms with Gasteiger partial charge in [0.1, 0.15) is 5.75 Å². The molecule has 2 N–H and O–H groups in total. The zero-order chi connectivity index (χ0) is 29.1. The summed E-state index contributed by atoms with van der Waals surface area (Å²) < 4.78 is 23.8.